The molecule has 0 atom stereocenters. The van der Waals surface area contributed by atoms with Crippen LogP contribution in [0.4, 0.5) is 17.6 Å². The molecule has 0 heterocycles. The molecule has 3 nitrogen and oxygen atoms in total. The minimum Gasteiger partial charge on any atom is -0.201 e. The van der Waals surface area contributed by atoms with E-state index in [4.69, 9.17) is 51.9 Å². The molecule has 2 rings (SSSR count). The monoisotopic (exact) mass is 539 g/mol. The molecule has 0 radical (unpaired) electrons. The van der Waals surface area contributed by atoms with Crippen molar-refractivity contribution in [2.45, 2.75) is 11.8 Å². The summed E-state index contributed by atoms with van der Waals surface area (Å²) in [5.74, 6) is -6.24. The summed E-state index contributed by atoms with van der Waals surface area (Å²) in [6.45, 7) is -0.967. The zero-order valence-electron chi connectivity index (χ0n) is 13.6. The van der Waals surface area contributed by atoms with Gasteiger partial charge in [0.25, 0.3) is 11.8 Å². The number of hydrogen-bond donors (Lipinski definition) is 0. The molecule has 2 aromatic rings. The Morgan fingerprint density at radius 3 is 1.64 bits per heavy atom. The highest BCUT2D eigenvalue weighted by Crippen LogP contribution is 2.36. The minimum atomic E-state index is -3.28. The molecule has 0 amide bonds. The molecule has 0 saturated carbocycles. The van der Waals surface area contributed by atoms with Gasteiger partial charge in [-0.15, -0.1) is 0 Å². The average molecular weight is 542 g/mol. The number of hydrogen-bond acceptors (Lipinski definition) is 1. The van der Waals surface area contributed by atoms with Gasteiger partial charge in [-0.25, -0.2) is 17.6 Å². The largest absolute Gasteiger partial charge is 0.284 e. The molecule has 0 aliphatic heterocycles. The summed E-state index contributed by atoms with van der Waals surface area (Å²) in [6, 6.07) is 7.53. The maximum Gasteiger partial charge on any atom is 0.284 e. The molecule has 28 heavy (non-hydrogen) atoms. The number of rotatable bonds is 5. The van der Waals surface area contributed by atoms with Gasteiger partial charge in [0.05, 0.1) is 21.9 Å². The van der Waals surface area contributed by atoms with Crippen molar-refractivity contribution in [1.82, 2.24) is 0 Å². The quantitative estimate of drug-likeness (QED) is 0.119. The fourth-order valence-corrected chi connectivity index (χ4v) is 3.25. The topological polar surface area (TPSA) is 48.8 Å². The van der Waals surface area contributed by atoms with E-state index in [1.54, 1.807) is 0 Å². The van der Waals surface area contributed by atoms with Gasteiger partial charge in [-0.3, -0.25) is 0 Å². The van der Waals surface area contributed by atoms with Crippen LogP contribution in [-0.2, 0) is 11.8 Å². The van der Waals surface area contributed by atoms with Crippen LogP contribution in [0.2, 0.25) is 20.1 Å². The second-order valence-electron chi connectivity index (χ2n) is 5.18. The first-order chi connectivity index (χ1) is 12.9. The van der Waals surface area contributed by atoms with Gasteiger partial charge in [0.2, 0.25) is 0 Å². The lowest BCUT2D eigenvalue weighted by atomic mass is 10.1. The SMILES string of the molecule is FC(F)(CBr)c1ccc(Cl)cc1Cl.[N-]=[N+]=NCC(F)(F)c1ccc(Cl)cc1Cl. The third-order valence-corrected chi connectivity index (χ3v) is 4.95. The van der Waals surface area contributed by atoms with Gasteiger partial charge < -0.3 is 0 Å². The number of benzene rings is 2. The Kier molecular flexibility index (Phi) is 9.67. The van der Waals surface area contributed by atoms with E-state index in [0.717, 1.165) is 6.07 Å². The van der Waals surface area contributed by atoms with E-state index in [2.05, 4.69) is 26.0 Å². The highest BCUT2D eigenvalue weighted by atomic mass is 79.9. The van der Waals surface area contributed by atoms with Crippen LogP contribution in [0.3, 0.4) is 0 Å². The third-order valence-electron chi connectivity index (χ3n) is 3.15. The van der Waals surface area contributed by atoms with Crippen molar-refractivity contribution in [3.05, 3.63) is 78.1 Å². The molecule has 0 N–H and O–H groups in total. The standard InChI is InChI=1S/C8H5BrCl2F2.C8H5Cl2F2N3/c9-4-8(12,13)6-2-1-5(10)3-7(6)11;9-5-1-2-6(7(10)3-5)8(11,12)4-14-15-13/h1-3H,4H2;1-3H,4H2. The van der Waals surface area contributed by atoms with Gasteiger partial charge in [-0.05, 0) is 29.8 Å². The zero-order valence-corrected chi connectivity index (χ0v) is 18.2. The van der Waals surface area contributed by atoms with E-state index < -0.39 is 29.3 Å². The van der Waals surface area contributed by atoms with Gasteiger partial charge in [-0.1, -0.05) is 79.6 Å². The van der Waals surface area contributed by atoms with Crippen molar-refractivity contribution in [3.8, 4) is 0 Å². The van der Waals surface area contributed by atoms with Crippen LogP contribution in [0.5, 0.6) is 0 Å². The highest BCUT2D eigenvalue weighted by Gasteiger charge is 2.33. The van der Waals surface area contributed by atoms with Crippen molar-refractivity contribution in [2.75, 3.05) is 11.9 Å². The number of azide groups is 1. The Labute approximate surface area is 186 Å². The van der Waals surface area contributed by atoms with Crippen molar-refractivity contribution in [1.29, 1.82) is 0 Å². The molecule has 0 spiro atoms. The average Bonchev–Trinajstić information content (AvgIpc) is 2.60. The molecule has 0 fully saturated rings. The molecule has 2 aromatic carbocycles. The molecule has 12 heteroatoms. The van der Waals surface area contributed by atoms with Gasteiger partial charge in [0, 0.05) is 26.1 Å². The lowest BCUT2D eigenvalue weighted by molar-refractivity contribution is 0.00621. The van der Waals surface area contributed by atoms with E-state index in [1.165, 1.54) is 30.3 Å². The number of halogens is 9. The predicted molar refractivity (Wildman–Crippen MR) is 109 cm³/mol. The first kappa shape index (κ1) is 25.1. The summed E-state index contributed by atoms with van der Waals surface area (Å²) in [5.41, 5.74) is 7.35. The van der Waals surface area contributed by atoms with Gasteiger partial charge in [-0.2, -0.15) is 0 Å². The smallest absolute Gasteiger partial charge is 0.201 e. The summed E-state index contributed by atoms with van der Waals surface area (Å²) in [5, 5.41) is 2.81. The minimum absolute atomic E-state index is 0.0167. The Bertz CT molecular complexity index is 877. The summed E-state index contributed by atoms with van der Waals surface area (Å²) in [7, 11) is 0. The second kappa shape index (κ2) is 10.8. The molecule has 0 unspecified atom stereocenters. The molecular weight excluding hydrogens is 532 g/mol. The first-order valence-electron chi connectivity index (χ1n) is 7.18. The third kappa shape index (κ3) is 7.17. The van der Waals surface area contributed by atoms with Gasteiger partial charge in [0.15, 0.2) is 0 Å². The van der Waals surface area contributed by atoms with Crippen LogP contribution in [0, 0.1) is 0 Å². The van der Waals surface area contributed by atoms with E-state index >= 15 is 0 Å². The summed E-state index contributed by atoms with van der Waals surface area (Å²) in [4.78, 5) is 2.27. The van der Waals surface area contributed by atoms with Crippen LogP contribution in [-0.4, -0.2) is 11.9 Å². The predicted octanol–water partition coefficient (Wildman–Crippen LogP) is 8.88. The van der Waals surface area contributed by atoms with E-state index in [0.29, 0.717) is 5.02 Å². The van der Waals surface area contributed by atoms with E-state index in [-0.39, 0.29) is 20.6 Å². The number of nitrogens with zero attached hydrogens (tertiary/aromatic N) is 3. The Morgan fingerprint density at radius 2 is 1.29 bits per heavy atom. The highest BCUT2D eigenvalue weighted by molar-refractivity contribution is 9.09. The van der Waals surface area contributed by atoms with E-state index in [1.807, 2.05) is 0 Å². The summed E-state index contributed by atoms with van der Waals surface area (Å²) >= 11 is 25.0. The van der Waals surface area contributed by atoms with Crippen LogP contribution >= 0.6 is 62.3 Å². The first-order valence-corrected chi connectivity index (χ1v) is 9.81. The zero-order chi connectivity index (χ0) is 21.5. The Hall–Kier alpha value is -0.890. The fourth-order valence-electron chi connectivity index (χ4n) is 1.85. The summed E-state index contributed by atoms with van der Waals surface area (Å²) in [6.07, 6.45) is 0. The Morgan fingerprint density at radius 1 is 0.857 bits per heavy atom. The van der Waals surface area contributed by atoms with Crippen LogP contribution in [0.15, 0.2) is 41.5 Å². The maximum atomic E-state index is 13.3. The molecule has 0 bridgehead atoms. The normalized spacial score (nSPS) is 11.3. The van der Waals surface area contributed by atoms with Gasteiger partial charge >= 0.3 is 0 Å². The van der Waals surface area contributed by atoms with Crippen molar-refractivity contribution >= 4 is 62.3 Å². The molecular formula is C16H10BrCl4F4N3. The molecule has 0 saturated heterocycles. The van der Waals surface area contributed by atoms with Crippen molar-refractivity contribution < 1.29 is 17.6 Å². The van der Waals surface area contributed by atoms with E-state index in [9.17, 15) is 17.6 Å². The van der Waals surface area contributed by atoms with Crippen molar-refractivity contribution in [2.24, 2.45) is 5.11 Å². The van der Waals surface area contributed by atoms with Gasteiger partial charge in [0.1, 0.15) is 0 Å². The fraction of sp³-hybridized carbons (Fsp3) is 0.250. The Balaban J connectivity index is 0.000000283. The lowest BCUT2D eigenvalue weighted by Crippen LogP contribution is -2.17. The lowest BCUT2D eigenvalue weighted by Gasteiger charge is -2.15. The molecule has 0 aliphatic carbocycles. The molecule has 152 valence electrons. The maximum absolute atomic E-state index is 13.3. The van der Waals surface area contributed by atoms with Crippen LogP contribution in [0.1, 0.15) is 11.1 Å². The number of alkyl halides is 5. The second-order valence-corrected chi connectivity index (χ2v) is 7.43. The molecule has 0 aliphatic rings. The summed E-state index contributed by atoms with van der Waals surface area (Å²) < 4.78 is 52.9. The van der Waals surface area contributed by atoms with Crippen molar-refractivity contribution in [3.63, 3.8) is 0 Å². The molecule has 0 aromatic heterocycles. The van der Waals surface area contributed by atoms with Crippen LogP contribution in [0.25, 0.3) is 10.4 Å². The van der Waals surface area contributed by atoms with Crippen LogP contribution < -0.4 is 0 Å².